The minimum Gasteiger partial charge on any atom is -0.370 e. The molecule has 5 heteroatoms. The van der Waals surface area contributed by atoms with Gasteiger partial charge in [0.15, 0.2) is 0 Å². The van der Waals surface area contributed by atoms with E-state index in [1.165, 1.54) is 22.2 Å². The van der Waals surface area contributed by atoms with Gasteiger partial charge in [0.25, 0.3) is 0 Å². The molecule has 0 aliphatic rings. The van der Waals surface area contributed by atoms with E-state index < -0.39 is 0 Å². The molecular weight excluding hydrogens is 360 g/mol. The minimum absolute atomic E-state index is 0.282. The van der Waals surface area contributed by atoms with E-state index in [0.29, 0.717) is 19.4 Å². The van der Waals surface area contributed by atoms with Crippen molar-refractivity contribution in [3.05, 3.63) is 96.6 Å². The fraction of sp³-hybridized carbons (Fsp3) is 0.167. The van der Waals surface area contributed by atoms with E-state index >= 15 is 0 Å². The summed E-state index contributed by atoms with van der Waals surface area (Å²) in [5.74, 6) is -0.282. The maximum atomic E-state index is 10.4. The highest BCUT2D eigenvalue weighted by atomic mass is 16.1. The first-order chi connectivity index (χ1) is 14.2. The highest BCUT2D eigenvalue weighted by Gasteiger charge is 2.10. The van der Waals surface area contributed by atoms with Crippen LogP contribution in [-0.2, 0) is 17.6 Å². The fourth-order valence-electron chi connectivity index (χ4n) is 3.25. The van der Waals surface area contributed by atoms with Gasteiger partial charge >= 0.3 is 0 Å². The van der Waals surface area contributed by atoms with Gasteiger partial charge in [-0.15, -0.1) is 0 Å². The van der Waals surface area contributed by atoms with Gasteiger partial charge in [-0.2, -0.15) is 0 Å². The Morgan fingerprint density at radius 1 is 0.931 bits per heavy atom. The summed E-state index contributed by atoms with van der Waals surface area (Å²) in [5, 5.41) is 0. The highest BCUT2D eigenvalue weighted by Crippen LogP contribution is 2.28. The van der Waals surface area contributed by atoms with E-state index in [-0.39, 0.29) is 5.91 Å². The Kier molecular flexibility index (Phi) is 7.14. The summed E-state index contributed by atoms with van der Waals surface area (Å²) >= 11 is 0. The molecule has 3 heterocycles. The molecule has 5 nitrogen and oxygen atoms in total. The SMILES string of the molecule is NC(=O)CCc1ccccn1.NCCc1c(-c2ccccc2)cn2ccccc12. The lowest BCUT2D eigenvalue weighted by molar-refractivity contribution is -0.118. The van der Waals surface area contributed by atoms with Gasteiger partial charge in [0, 0.05) is 41.8 Å². The number of benzene rings is 1. The predicted octanol–water partition coefficient (Wildman–Crippen LogP) is 3.61. The zero-order valence-electron chi connectivity index (χ0n) is 16.4. The van der Waals surface area contributed by atoms with Crippen LogP contribution < -0.4 is 11.5 Å². The molecule has 0 spiro atoms. The summed E-state index contributed by atoms with van der Waals surface area (Å²) in [6.07, 6.45) is 7.89. The maximum absolute atomic E-state index is 10.4. The molecule has 0 aliphatic heterocycles. The molecule has 0 atom stereocenters. The standard InChI is InChI=1S/C16H16N2.C8H10N2O/c17-10-9-14-15(13-6-2-1-3-7-13)12-18-11-5-4-8-16(14)18;9-8(11)5-4-7-3-1-2-6-10-7/h1-8,11-12H,9-10,17H2;1-3,6H,4-5H2,(H2,9,11). The van der Waals surface area contributed by atoms with Crippen LogP contribution in [0.5, 0.6) is 0 Å². The molecule has 1 aromatic carbocycles. The predicted molar refractivity (Wildman–Crippen MR) is 117 cm³/mol. The second-order valence-corrected chi connectivity index (χ2v) is 6.71. The van der Waals surface area contributed by atoms with Gasteiger partial charge in [0.2, 0.25) is 5.91 Å². The number of nitrogens with zero attached hydrogens (tertiary/aromatic N) is 2. The number of hydrogen-bond acceptors (Lipinski definition) is 3. The molecule has 0 fully saturated rings. The average molecular weight is 386 g/mol. The lowest BCUT2D eigenvalue weighted by Crippen LogP contribution is -2.11. The summed E-state index contributed by atoms with van der Waals surface area (Å²) in [6, 6.07) is 22.4. The van der Waals surface area contributed by atoms with Gasteiger partial charge in [0.1, 0.15) is 0 Å². The van der Waals surface area contributed by atoms with Crippen LogP contribution in [0.25, 0.3) is 16.6 Å². The van der Waals surface area contributed by atoms with E-state index in [2.05, 4.69) is 58.2 Å². The quantitative estimate of drug-likeness (QED) is 0.531. The number of pyridine rings is 2. The number of hydrogen-bond donors (Lipinski definition) is 2. The Hall–Kier alpha value is -3.44. The van der Waals surface area contributed by atoms with Crippen LogP contribution >= 0.6 is 0 Å². The molecule has 0 aliphatic carbocycles. The van der Waals surface area contributed by atoms with Gasteiger partial charge in [-0.3, -0.25) is 9.78 Å². The summed E-state index contributed by atoms with van der Waals surface area (Å²) in [6.45, 7) is 0.675. The summed E-state index contributed by atoms with van der Waals surface area (Å²) in [5.41, 5.74) is 16.8. The maximum Gasteiger partial charge on any atom is 0.217 e. The third-order valence-corrected chi connectivity index (χ3v) is 4.63. The lowest BCUT2D eigenvalue weighted by Gasteiger charge is -2.03. The average Bonchev–Trinajstić information content (AvgIpc) is 3.13. The molecule has 4 N–H and O–H groups in total. The summed E-state index contributed by atoms with van der Waals surface area (Å²) < 4.78 is 2.17. The van der Waals surface area contributed by atoms with Crippen molar-refractivity contribution in [1.82, 2.24) is 9.38 Å². The molecule has 148 valence electrons. The monoisotopic (exact) mass is 386 g/mol. The van der Waals surface area contributed by atoms with Crippen LogP contribution in [0.3, 0.4) is 0 Å². The van der Waals surface area contributed by atoms with Crippen LogP contribution in [-0.4, -0.2) is 21.8 Å². The van der Waals surface area contributed by atoms with Gasteiger partial charge < -0.3 is 15.9 Å². The summed E-state index contributed by atoms with van der Waals surface area (Å²) in [7, 11) is 0. The Balaban J connectivity index is 0.000000188. The molecule has 4 aromatic rings. The molecule has 4 rings (SSSR count). The molecular formula is C24H26N4O. The third kappa shape index (κ3) is 5.53. The lowest BCUT2D eigenvalue weighted by atomic mass is 10.0. The van der Waals surface area contributed by atoms with E-state index in [0.717, 1.165) is 12.1 Å². The van der Waals surface area contributed by atoms with Gasteiger partial charge in [0.05, 0.1) is 0 Å². The molecule has 0 radical (unpaired) electrons. The Morgan fingerprint density at radius 2 is 1.69 bits per heavy atom. The van der Waals surface area contributed by atoms with Crippen LogP contribution in [0.4, 0.5) is 0 Å². The first-order valence-corrected chi connectivity index (χ1v) is 9.71. The van der Waals surface area contributed by atoms with Crippen LogP contribution in [0.1, 0.15) is 17.7 Å². The van der Waals surface area contributed by atoms with Crippen molar-refractivity contribution in [2.24, 2.45) is 11.5 Å². The number of carbonyl (C=O) groups is 1. The van der Waals surface area contributed by atoms with Crippen molar-refractivity contribution >= 4 is 11.4 Å². The molecule has 3 aromatic heterocycles. The fourth-order valence-corrected chi connectivity index (χ4v) is 3.25. The number of aromatic nitrogens is 2. The van der Waals surface area contributed by atoms with Crippen molar-refractivity contribution in [3.8, 4) is 11.1 Å². The number of aryl methyl sites for hydroxylation is 1. The number of primary amides is 1. The Bertz CT molecular complexity index is 1040. The summed E-state index contributed by atoms with van der Waals surface area (Å²) in [4.78, 5) is 14.4. The Morgan fingerprint density at radius 3 is 2.38 bits per heavy atom. The molecule has 29 heavy (non-hydrogen) atoms. The topological polar surface area (TPSA) is 86.4 Å². The minimum atomic E-state index is -0.282. The van der Waals surface area contributed by atoms with Gasteiger partial charge in [-0.25, -0.2) is 0 Å². The van der Waals surface area contributed by atoms with E-state index in [1.54, 1.807) is 6.20 Å². The van der Waals surface area contributed by atoms with Crippen molar-refractivity contribution < 1.29 is 4.79 Å². The van der Waals surface area contributed by atoms with Gasteiger partial charge in [-0.05, 0) is 54.8 Å². The normalized spacial score (nSPS) is 10.4. The third-order valence-electron chi connectivity index (χ3n) is 4.63. The van der Waals surface area contributed by atoms with E-state index in [4.69, 9.17) is 11.5 Å². The number of carbonyl (C=O) groups excluding carboxylic acids is 1. The van der Waals surface area contributed by atoms with Crippen molar-refractivity contribution in [2.45, 2.75) is 19.3 Å². The van der Waals surface area contributed by atoms with Crippen molar-refractivity contribution in [3.63, 3.8) is 0 Å². The molecule has 0 unspecified atom stereocenters. The van der Waals surface area contributed by atoms with Crippen molar-refractivity contribution in [1.29, 1.82) is 0 Å². The first-order valence-electron chi connectivity index (χ1n) is 9.71. The number of fused-ring (bicyclic) bond motifs is 1. The zero-order chi connectivity index (χ0) is 20.5. The second-order valence-electron chi connectivity index (χ2n) is 6.71. The largest absolute Gasteiger partial charge is 0.370 e. The molecule has 1 amide bonds. The number of nitrogens with two attached hydrogens (primary N) is 2. The van der Waals surface area contributed by atoms with Crippen LogP contribution in [0.2, 0.25) is 0 Å². The number of amides is 1. The van der Waals surface area contributed by atoms with Crippen LogP contribution in [0.15, 0.2) is 85.3 Å². The van der Waals surface area contributed by atoms with Gasteiger partial charge in [-0.1, -0.05) is 42.5 Å². The van der Waals surface area contributed by atoms with E-state index in [1.807, 2.05) is 30.3 Å². The first kappa shape index (κ1) is 20.3. The molecule has 0 saturated heterocycles. The smallest absolute Gasteiger partial charge is 0.217 e. The number of rotatable bonds is 6. The molecule has 0 saturated carbocycles. The highest BCUT2D eigenvalue weighted by molar-refractivity contribution is 5.76. The zero-order valence-corrected chi connectivity index (χ0v) is 16.4. The van der Waals surface area contributed by atoms with E-state index in [9.17, 15) is 4.79 Å². The Labute approximate surface area is 171 Å². The van der Waals surface area contributed by atoms with Crippen LogP contribution in [0, 0.1) is 0 Å². The molecule has 0 bridgehead atoms. The second kappa shape index (κ2) is 10.2. The van der Waals surface area contributed by atoms with Crippen molar-refractivity contribution in [2.75, 3.05) is 6.54 Å².